The molecule has 1 aromatic carbocycles. The highest BCUT2D eigenvalue weighted by atomic mass is 16.2. The molecule has 1 saturated heterocycles. The summed E-state index contributed by atoms with van der Waals surface area (Å²) in [6.45, 7) is 3.33. The van der Waals surface area contributed by atoms with Gasteiger partial charge in [0, 0.05) is 38.3 Å². The van der Waals surface area contributed by atoms with Crippen molar-refractivity contribution in [3.8, 4) is 0 Å². The van der Waals surface area contributed by atoms with Gasteiger partial charge in [0.05, 0.1) is 0 Å². The lowest BCUT2D eigenvalue weighted by Crippen LogP contribution is -2.49. The fourth-order valence-electron chi connectivity index (χ4n) is 3.47. The number of carbonyl (C=O) groups is 1. The van der Waals surface area contributed by atoms with E-state index in [4.69, 9.17) is 0 Å². The van der Waals surface area contributed by atoms with Gasteiger partial charge in [0.25, 0.3) is 0 Å². The lowest BCUT2D eigenvalue weighted by molar-refractivity contribution is -0.133. The zero-order chi connectivity index (χ0) is 15.6. The Labute approximate surface area is 136 Å². The van der Waals surface area contributed by atoms with Crippen LogP contribution in [0.15, 0.2) is 54.7 Å². The van der Waals surface area contributed by atoms with Gasteiger partial charge in [-0.15, -0.1) is 0 Å². The van der Waals surface area contributed by atoms with Crippen molar-refractivity contribution >= 4 is 11.7 Å². The van der Waals surface area contributed by atoms with Crippen molar-refractivity contribution in [1.29, 1.82) is 0 Å². The maximum atomic E-state index is 12.7. The number of pyridine rings is 1. The topological polar surface area (TPSA) is 36.4 Å². The lowest BCUT2D eigenvalue weighted by Gasteiger charge is -2.35. The Kier molecular flexibility index (Phi) is 3.74. The molecule has 1 aromatic heterocycles. The largest absolute Gasteiger partial charge is 0.353 e. The highest BCUT2D eigenvalue weighted by molar-refractivity contribution is 5.83. The Morgan fingerprint density at radius 1 is 0.957 bits per heavy atom. The van der Waals surface area contributed by atoms with Crippen LogP contribution in [0.1, 0.15) is 17.9 Å². The van der Waals surface area contributed by atoms with E-state index in [0.29, 0.717) is 11.8 Å². The fraction of sp³-hybridized carbons (Fsp3) is 0.368. The Bertz CT molecular complexity index is 666. The van der Waals surface area contributed by atoms with Crippen molar-refractivity contribution in [2.45, 2.75) is 12.3 Å². The summed E-state index contributed by atoms with van der Waals surface area (Å²) in [4.78, 5) is 21.4. The first-order valence-corrected chi connectivity index (χ1v) is 8.32. The zero-order valence-electron chi connectivity index (χ0n) is 13.1. The minimum atomic E-state index is 0.193. The number of nitrogens with zero attached hydrogens (tertiary/aromatic N) is 3. The van der Waals surface area contributed by atoms with Crippen molar-refractivity contribution in [1.82, 2.24) is 9.88 Å². The van der Waals surface area contributed by atoms with Crippen molar-refractivity contribution in [3.05, 3.63) is 60.3 Å². The third kappa shape index (κ3) is 2.93. The van der Waals surface area contributed by atoms with Crippen LogP contribution in [-0.4, -0.2) is 42.0 Å². The van der Waals surface area contributed by atoms with Crippen LogP contribution in [-0.2, 0) is 4.79 Å². The minimum absolute atomic E-state index is 0.193. The number of hydrogen-bond donors (Lipinski definition) is 0. The van der Waals surface area contributed by atoms with E-state index in [1.807, 2.05) is 35.4 Å². The van der Waals surface area contributed by atoms with E-state index < -0.39 is 0 Å². The summed E-state index contributed by atoms with van der Waals surface area (Å²) in [5.74, 6) is 1.96. The Hall–Kier alpha value is -2.36. The van der Waals surface area contributed by atoms with E-state index in [9.17, 15) is 4.79 Å². The molecular weight excluding hydrogens is 286 g/mol. The average Bonchev–Trinajstić information content (AvgIpc) is 3.44. The Balaban J connectivity index is 1.34. The molecule has 23 heavy (non-hydrogen) atoms. The number of amides is 1. The van der Waals surface area contributed by atoms with E-state index in [0.717, 1.165) is 38.4 Å². The second kappa shape index (κ2) is 6.03. The molecule has 0 spiro atoms. The van der Waals surface area contributed by atoms with Crippen LogP contribution < -0.4 is 4.90 Å². The van der Waals surface area contributed by atoms with E-state index in [1.54, 1.807) is 0 Å². The quantitative estimate of drug-likeness (QED) is 0.874. The molecular formula is C19H21N3O. The maximum absolute atomic E-state index is 12.7. The van der Waals surface area contributed by atoms with E-state index in [1.165, 1.54) is 5.56 Å². The molecule has 0 N–H and O–H groups in total. The summed E-state index contributed by atoms with van der Waals surface area (Å²) in [6.07, 6.45) is 2.82. The van der Waals surface area contributed by atoms with E-state index in [2.05, 4.69) is 34.1 Å². The Morgan fingerprint density at radius 3 is 2.39 bits per heavy atom. The van der Waals surface area contributed by atoms with Crippen LogP contribution in [0.25, 0.3) is 0 Å². The van der Waals surface area contributed by atoms with Crippen LogP contribution in [0.2, 0.25) is 0 Å². The summed E-state index contributed by atoms with van der Waals surface area (Å²) in [5.41, 5.74) is 1.30. The molecule has 0 bridgehead atoms. The second-order valence-electron chi connectivity index (χ2n) is 6.36. The van der Waals surface area contributed by atoms with Gasteiger partial charge in [-0.05, 0) is 30.0 Å². The molecule has 0 unspecified atom stereocenters. The number of anilines is 1. The molecule has 4 nitrogen and oxygen atoms in total. The number of benzene rings is 1. The third-order valence-electron chi connectivity index (χ3n) is 4.90. The van der Waals surface area contributed by atoms with Gasteiger partial charge in [0.2, 0.25) is 5.91 Å². The number of rotatable bonds is 3. The number of hydrogen-bond acceptors (Lipinski definition) is 3. The van der Waals surface area contributed by atoms with Crippen LogP contribution in [0.4, 0.5) is 5.82 Å². The molecule has 1 amide bonds. The van der Waals surface area contributed by atoms with Gasteiger partial charge in [-0.25, -0.2) is 4.98 Å². The summed E-state index contributed by atoms with van der Waals surface area (Å²) >= 11 is 0. The summed E-state index contributed by atoms with van der Waals surface area (Å²) in [6, 6.07) is 16.4. The molecule has 2 atom stereocenters. The first-order valence-electron chi connectivity index (χ1n) is 8.32. The smallest absolute Gasteiger partial charge is 0.226 e. The van der Waals surface area contributed by atoms with Crippen molar-refractivity contribution in [3.63, 3.8) is 0 Å². The van der Waals surface area contributed by atoms with Crippen LogP contribution >= 0.6 is 0 Å². The van der Waals surface area contributed by atoms with Gasteiger partial charge in [0.15, 0.2) is 0 Å². The van der Waals surface area contributed by atoms with E-state index in [-0.39, 0.29) is 5.92 Å². The first-order chi connectivity index (χ1) is 11.3. The second-order valence-corrected chi connectivity index (χ2v) is 6.36. The number of piperazine rings is 1. The fourth-order valence-corrected chi connectivity index (χ4v) is 3.47. The average molecular weight is 307 g/mol. The highest BCUT2D eigenvalue weighted by Crippen LogP contribution is 2.48. The molecule has 4 heteroatoms. The molecule has 2 aliphatic rings. The lowest BCUT2D eigenvalue weighted by atomic mass is 10.1. The molecule has 2 fully saturated rings. The normalized spacial score (nSPS) is 23.7. The zero-order valence-corrected chi connectivity index (χ0v) is 13.1. The highest BCUT2D eigenvalue weighted by Gasteiger charge is 2.45. The summed E-state index contributed by atoms with van der Waals surface area (Å²) < 4.78 is 0. The standard InChI is InChI=1S/C19H21N3O/c23-19(17-14-16(17)15-6-2-1-3-7-15)22-12-10-21(11-13-22)18-8-4-5-9-20-18/h1-9,16-17H,10-14H2/t16-,17-/m1/s1. The molecule has 1 aliphatic heterocycles. The number of carbonyl (C=O) groups excluding carboxylic acids is 1. The molecule has 1 saturated carbocycles. The molecule has 1 aliphatic carbocycles. The third-order valence-corrected chi connectivity index (χ3v) is 4.90. The molecule has 0 radical (unpaired) electrons. The monoisotopic (exact) mass is 307 g/mol. The van der Waals surface area contributed by atoms with Crippen molar-refractivity contribution in [2.24, 2.45) is 5.92 Å². The van der Waals surface area contributed by atoms with E-state index >= 15 is 0 Å². The van der Waals surface area contributed by atoms with Crippen LogP contribution in [0.5, 0.6) is 0 Å². The van der Waals surface area contributed by atoms with Gasteiger partial charge in [-0.2, -0.15) is 0 Å². The Morgan fingerprint density at radius 2 is 1.70 bits per heavy atom. The van der Waals surface area contributed by atoms with Crippen molar-refractivity contribution < 1.29 is 4.79 Å². The summed E-state index contributed by atoms with van der Waals surface area (Å²) in [5, 5.41) is 0. The van der Waals surface area contributed by atoms with Crippen LogP contribution in [0, 0.1) is 5.92 Å². The molecule has 4 rings (SSSR count). The predicted molar refractivity (Wildman–Crippen MR) is 90.3 cm³/mol. The van der Waals surface area contributed by atoms with Gasteiger partial charge in [0.1, 0.15) is 5.82 Å². The predicted octanol–water partition coefficient (Wildman–Crippen LogP) is 2.53. The van der Waals surface area contributed by atoms with Crippen molar-refractivity contribution in [2.75, 3.05) is 31.1 Å². The first kappa shape index (κ1) is 14.2. The van der Waals surface area contributed by atoms with Crippen LogP contribution in [0.3, 0.4) is 0 Å². The maximum Gasteiger partial charge on any atom is 0.226 e. The molecule has 2 aromatic rings. The molecule has 118 valence electrons. The van der Waals surface area contributed by atoms with Gasteiger partial charge < -0.3 is 9.80 Å². The SMILES string of the molecule is O=C([C@@H]1C[C@@H]1c1ccccc1)N1CCN(c2ccccn2)CC1. The number of aromatic nitrogens is 1. The molecule has 2 heterocycles. The summed E-state index contributed by atoms with van der Waals surface area (Å²) in [7, 11) is 0. The minimum Gasteiger partial charge on any atom is -0.353 e. The van der Waals surface area contributed by atoms with Gasteiger partial charge in [-0.3, -0.25) is 4.79 Å². The van der Waals surface area contributed by atoms with Gasteiger partial charge in [-0.1, -0.05) is 36.4 Å². The van der Waals surface area contributed by atoms with Gasteiger partial charge >= 0.3 is 0 Å².